The second kappa shape index (κ2) is 6.36. The molecule has 1 heterocycles. The number of hydrogen-bond acceptors (Lipinski definition) is 1. The van der Waals surface area contributed by atoms with Crippen molar-refractivity contribution in [2.75, 3.05) is 19.0 Å². The average molecular weight is 368 g/mol. The Morgan fingerprint density at radius 3 is 1.77 bits per heavy atom. The minimum Gasteiger partial charge on any atom is -0.374 e. The van der Waals surface area contributed by atoms with Crippen molar-refractivity contribution in [1.29, 1.82) is 0 Å². The molecule has 0 radical (unpaired) electrons. The van der Waals surface area contributed by atoms with Gasteiger partial charge in [-0.3, -0.25) is 0 Å². The highest BCUT2D eigenvalue weighted by Gasteiger charge is 2.41. The summed E-state index contributed by atoms with van der Waals surface area (Å²) in [6, 6.07) is 11.3. The van der Waals surface area contributed by atoms with Crippen LogP contribution in [0.15, 0.2) is 36.1 Å². The fourth-order valence-corrected chi connectivity index (χ4v) is 35.8. The van der Waals surface area contributed by atoms with E-state index in [0.29, 0.717) is 0 Å². The molecule has 1 aromatic carbocycles. The Kier molecular flexibility index (Phi) is 5.24. The lowest BCUT2D eigenvalue weighted by atomic mass is 10.4. The van der Waals surface area contributed by atoms with Crippen molar-refractivity contribution in [2.45, 2.75) is 44.2 Å². The van der Waals surface area contributed by atoms with Crippen LogP contribution < -0.4 is 4.90 Å². The standard InChI is InChI=1S/C17H31NP2Si2/c1-18(2)16-14-19(17(21(3,4)5)22(6,7)8)20(16)15-12-10-9-11-13-15/h9-14,17H,1-8H3. The normalized spacial score (nSPS) is 14.6. The van der Waals surface area contributed by atoms with Crippen molar-refractivity contribution >= 4 is 36.0 Å². The zero-order valence-electron chi connectivity index (χ0n) is 15.4. The van der Waals surface area contributed by atoms with E-state index >= 15 is 0 Å². The quantitative estimate of drug-likeness (QED) is 0.514. The Morgan fingerprint density at radius 1 is 0.864 bits per heavy atom. The molecule has 0 aliphatic heterocycles. The van der Waals surface area contributed by atoms with E-state index in [1.165, 1.54) is 0 Å². The molecule has 0 aliphatic rings. The fraction of sp³-hybridized carbons (Fsp3) is 0.529. The molecule has 122 valence electrons. The summed E-state index contributed by atoms with van der Waals surface area (Å²) in [5.41, 5.74) is 1.61. The molecular formula is C17H31NP2Si2. The summed E-state index contributed by atoms with van der Waals surface area (Å²) in [6.07, 6.45) is 0. The van der Waals surface area contributed by atoms with E-state index in [2.05, 4.69) is 94.4 Å². The molecule has 2 aromatic rings. The third kappa shape index (κ3) is 3.65. The first kappa shape index (κ1) is 18.1. The Labute approximate surface area is 140 Å². The summed E-state index contributed by atoms with van der Waals surface area (Å²) in [4.78, 5) is 3.38. The third-order valence-electron chi connectivity index (χ3n) is 4.06. The first-order valence-corrected chi connectivity index (χ1v) is 18.7. The lowest BCUT2D eigenvalue weighted by molar-refractivity contribution is 1.16. The molecule has 2 unspecified atom stereocenters. The second-order valence-corrected chi connectivity index (χ2v) is 26.4. The van der Waals surface area contributed by atoms with Gasteiger partial charge in [-0.05, 0) is 17.9 Å². The summed E-state index contributed by atoms with van der Waals surface area (Å²) in [5, 5.41) is 1.59. The van der Waals surface area contributed by atoms with Crippen LogP contribution in [0, 0.1) is 0 Å². The van der Waals surface area contributed by atoms with Gasteiger partial charge in [0.1, 0.15) is 0 Å². The van der Waals surface area contributed by atoms with Crippen molar-refractivity contribution in [1.82, 2.24) is 0 Å². The van der Waals surface area contributed by atoms with E-state index in [-0.39, 0.29) is 14.4 Å². The smallest absolute Gasteiger partial charge is 0.0682 e. The van der Waals surface area contributed by atoms with E-state index in [4.69, 9.17) is 0 Å². The molecule has 2 rings (SSSR count). The number of hydrogen-bond donors (Lipinski definition) is 0. The highest BCUT2D eigenvalue weighted by atomic mass is 31.9. The molecule has 1 aromatic heterocycles. The molecule has 22 heavy (non-hydrogen) atoms. The number of nitrogens with zero attached hydrogens (tertiary/aromatic N) is 1. The van der Waals surface area contributed by atoms with Gasteiger partial charge in [-0.2, -0.15) is 0 Å². The van der Waals surface area contributed by atoms with Crippen LogP contribution in [0.4, 0.5) is 5.42 Å². The van der Waals surface area contributed by atoms with Gasteiger partial charge < -0.3 is 4.90 Å². The van der Waals surface area contributed by atoms with E-state index in [0.717, 1.165) is 4.91 Å². The first-order chi connectivity index (χ1) is 10.0. The van der Waals surface area contributed by atoms with Crippen molar-refractivity contribution in [3.05, 3.63) is 36.1 Å². The van der Waals surface area contributed by atoms with Crippen LogP contribution in [0.5, 0.6) is 0 Å². The minimum absolute atomic E-state index is 0.0358. The molecule has 0 saturated carbocycles. The fourth-order valence-electron chi connectivity index (χ4n) is 3.72. The predicted molar refractivity (Wildman–Crippen MR) is 113 cm³/mol. The Hall–Kier alpha value is -0.206. The molecule has 1 nitrogen and oxygen atoms in total. The van der Waals surface area contributed by atoms with Gasteiger partial charge in [0, 0.05) is 19.4 Å². The summed E-state index contributed by atoms with van der Waals surface area (Å²) in [5.74, 6) is 2.68. The Bertz CT molecular complexity index is 601. The Balaban J connectivity index is 2.59. The molecule has 2 atom stereocenters. The van der Waals surface area contributed by atoms with Gasteiger partial charge in [-0.25, -0.2) is 0 Å². The van der Waals surface area contributed by atoms with Crippen LogP contribution in [-0.4, -0.2) is 30.2 Å². The van der Waals surface area contributed by atoms with Crippen LogP contribution in [0.3, 0.4) is 0 Å². The molecule has 0 aliphatic carbocycles. The number of rotatable bonds is 5. The van der Waals surface area contributed by atoms with Crippen LogP contribution >= 0.6 is 14.4 Å². The molecule has 0 amide bonds. The van der Waals surface area contributed by atoms with Crippen LogP contribution in [0.1, 0.15) is 4.91 Å². The maximum absolute atomic E-state index is 2.68. The molecule has 0 spiro atoms. The van der Waals surface area contributed by atoms with Crippen molar-refractivity contribution in [3.63, 3.8) is 0 Å². The zero-order chi connectivity index (χ0) is 16.7. The zero-order valence-corrected chi connectivity index (χ0v) is 19.2. The average Bonchev–Trinajstić information content (AvgIpc) is 2.31. The number of benzene rings is 1. The highest BCUT2D eigenvalue weighted by Crippen LogP contribution is 2.75. The largest absolute Gasteiger partial charge is 0.374 e. The maximum Gasteiger partial charge on any atom is 0.0682 e. The van der Waals surface area contributed by atoms with Gasteiger partial charge in [0.25, 0.3) is 0 Å². The number of anilines is 1. The molecule has 0 saturated heterocycles. The van der Waals surface area contributed by atoms with E-state index < -0.39 is 16.1 Å². The van der Waals surface area contributed by atoms with Crippen LogP contribution in [0.2, 0.25) is 39.3 Å². The summed E-state index contributed by atoms with van der Waals surface area (Å²) < 4.78 is 0. The van der Waals surface area contributed by atoms with Crippen molar-refractivity contribution in [2.24, 2.45) is 0 Å². The first-order valence-electron chi connectivity index (χ1n) is 8.06. The van der Waals surface area contributed by atoms with Gasteiger partial charge in [0.2, 0.25) is 0 Å². The van der Waals surface area contributed by atoms with E-state index in [1.54, 1.807) is 10.7 Å². The van der Waals surface area contributed by atoms with E-state index in [1.807, 2.05) is 0 Å². The van der Waals surface area contributed by atoms with Crippen LogP contribution in [0.25, 0.3) is 5.30 Å². The molecule has 0 fully saturated rings. The lowest BCUT2D eigenvalue weighted by Crippen LogP contribution is -2.43. The van der Waals surface area contributed by atoms with Crippen LogP contribution in [-0.2, 0) is 0 Å². The highest BCUT2D eigenvalue weighted by molar-refractivity contribution is 8.17. The van der Waals surface area contributed by atoms with E-state index in [9.17, 15) is 0 Å². The van der Waals surface area contributed by atoms with Gasteiger partial charge in [-0.15, -0.1) is 0 Å². The van der Waals surface area contributed by atoms with Gasteiger partial charge in [0.05, 0.1) is 21.6 Å². The second-order valence-electron chi connectivity index (χ2n) is 8.54. The summed E-state index contributed by atoms with van der Waals surface area (Å²) in [6.45, 7) is 15.6. The SMILES string of the molecule is CN(C)c1cp(C([Si](C)(C)C)[Si](C)(C)C)p1-c1ccccc1. The minimum atomic E-state index is -1.15. The summed E-state index contributed by atoms with van der Waals surface area (Å²) >= 11 is 0. The Morgan fingerprint density at radius 2 is 1.36 bits per heavy atom. The van der Waals surface area contributed by atoms with Gasteiger partial charge in [-0.1, -0.05) is 76.8 Å². The predicted octanol–water partition coefficient (Wildman–Crippen LogP) is 7.01. The lowest BCUT2D eigenvalue weighted by Gasteiger charge is -2.43. The third-order valence-corrected chi connectivity index (χ3v) is 27.3. The van der Waals surface area contributed by atoms with Crippen molar-refractivity contribution in [3.8, 4) is 5.30 Å². The molecular weight excluding hydrogens is 336 g/mol. The maximum atomic E-state index is 2.68. The topological polar surface area (TPSA) is 3.24 Å². The van der Waals surface area contributed by atoms with Gasteiger partial charge in [0.15, 0.2) is 0 Å². The van der Waals surface area contributed by atoms with Crippen molar-refractivity contribution < 1.29 is 0 Å². The molecule has 0 N–H and O–H groups in total. The monoisotopic (exact) mass is 367 g/mol. The molecule has 0 bridgehead atoms. The van der Waals surface area contributed by atoms with Gasteiger partial charge >= 0.3 is 0 Å². The summed E-state index contributed by atoms with van der Waals surface area (Å²) in [7, 11) is 2.06. The molecule has 5 heteroatoms.